The Morgan fingerprint density at radius 2 is 2.00 bits per heavy atom. The lowest BCUT2D eigenvalue weighted by Gasteiger charge is -2.22. The highest BCUT2D eigenvalue weighted by Gasteiger charge is 2.29. The Morgan fingerprint density at radius 1 is 1.47 bits per heavy atom. The van der Waals surface area contributed by atoms with Crippen molar-refractivity contribution in [1.29, 1.82) is 0 Å². The summed E-state index contributed by atoms with van der Waals surface area (Å²) in [7, 11) is -0.977. The van der Waals surface area contributed by atoms with Gasteiger partial charge in [0.25, 0.3) is 10.2 Å². The van der Waals surface area contributed by atoms with E-state index in [9.17, 15) is 13.2 Å². The second kappa shape index (κ2) is 6.90. The van der Waals surface area contributed by atoms with Crippen molar-refractivity contribution in [3.05, 3.63) is 0 Å². The summed E-state index contributed by atoms with van der Waals surface area (Å²) in [5.41, 5.74) is 0. The number of carbonyl (C=O) groups is 1. The standard InChI is InChI=1S/C9H20N2O5S/c1-7(2)8(9(12)13)10-17(14,15)11(3)5-6-16-4/h7-8,10H,5-6H2,1-4H3,(H,12,13). The van der Waals surface area contributed by atoms with Crippen LogP contribution in [0.3, 0.4) is 0 Å². The lowest BCUT2D eigenvalue weighted by molar-refractivity contribution is -0.140. The summed E-state index contributed by atoms with van der Waals surface area (Å²) in [6, 6.07) is -1.13. The normalized spacial score (nSPS) is 14.2. The molecule has 1 atom stereocenters. The van der Waals surface area contributed by atoms with Crippen molar-refractivity contribution in [1.82, 2.24) is 9.03 Å². The fourth-order valence-corrected chi connectivity index (χ4v) is 2.25. The number of nitrogens with zero attached hydrogens (tertiary/aromatic N) is 1. The number of hydrogen-bond donors (Lipinski definition) is 2. The molecule has 0 radical (unpaired) electrons. The van der Waals surface area contributed by atoms with Gasteiger partial charge in [0.15, 0.2) is 0 Å². The van der Waals surface area contributed by atoms with E-state index in [2.05, 4.69) is 4.72 Å². The van der Waals surface area contributed by atoms with E-state index in [-0.39, 0.29) is 19.1 Å². The molecule has 0 fully saturated rings. The predicted molar refractivity (Wildman–Crippen MR) is 62.8 cm³/mol. The van der Waals surface area contributed by atoms with Gasteiger partial charge >= 0.3 is 5.97 Å². The quantitative estimate of drug-likeness (QED) is 0.619. The van der Waals surface area contributed by atoms with Crippen LogP contribution in [0.5, 0.6) is 0 Å². The smallest absolute Gasteiger partial charge is 0.322 e. The van der Waals surface area contributed by atoms with Crippen LogP contribution in [-0.2, 0) is 19.7 Å². The van der Waals surface area contributed by atoms with Gasteiger partial charge in [-0.2, -0.15) is 17.4 Å². The molecule has 0 aromatic rings. The topological polar surface area (TPSA) is 95.9 Å². The predicted octanol–water partition coefficient (Wildman–Crippen LogP) is -0.492. The van der Waals surface area contributed by atoms with Crippen LogP contribution in [0.1, 0.15) is 13.8 Å². The van der Waals surface area contributed by atoms with Crippen molar-refractivity contribution in [3.8, 4) is 0 Å². The highest BCUT2D eigenvalue weighted by molar-refractivity contribution is 7.87. The molecule has 0 aromatic carbocycles. The van der Waals surface area contributed by atoms with Gasteiger partial charge in [0.1, 0.15) is 6.04 Å². The molecule has 0 spiro atoms. The molecule has 17 heavy (non-hydrogen) atoms. The van der Waals surface area contributed by atoms with E-state index in [4.69, 9.17) is 9.84 Å². The third-order valence-electron chi connectivity index (χ3n) is 2.23. The number of carboxylic acids is 1. The number of nitrogens with one attached hydrogen (secondary N) is 1. The Hall–Kier alpha value is -0.700. The van der Waals surface area contributed by atoms with Gasteiger partial charge < -0.3 is 9.84 Å². The van der Waals surface area contributed by atoms with Crippen LogP contribution >= 0.6 is 0 Å². The minimum Gasteiger partial charge on any atom is -0.480 e. The number of ether oxygens (including phenoxy) is 1. The van der Waals surface area contributed by atoms with E-state index in [1.165, 1.54) is 14.2 Å². The zero-order chi connectivity index (χ0) is 13.6. The number of rotatable bonds is 8. The lowest BCUT2D eigenvalue weighted by Crippen LogP contribution is -2.49. The average Bonchev–Trinajstić information content (AvgIpc) is 2.21. The van der Waals surface area contributed by atoms with Crippen LogP contribution < -0.4 is 4.72 Å². The van der Waals surface area contributed by atoms with E-state index in [1.54, 1.807) is 13.8 Å². The van der Waals surface area contributed by atoms with Gasteiger partial charge in [-0.25, -0.2) is 0 Å². The first kappa shape index (κ1) is 16.3. The van der Waals surface area contributed by atoms with Gasteiger partial charge in [-0.05, 0) is 5.92 Å². The second-order valence-electron chi connectivity index (χ2n) is 4.00. The molecule has 2 N–H and O–H groups in total. The fraction of sp³-hybridized carbons (Fsp3) is 0.889. The van der Waals surface area contributed by atoms with Gasteiger partial charge in [-0.15, -0.1) is 0 Å². The Bertz CT molecular complexity index is 341. The van der Waals surface area contributed by atoms with E-state index in [1.807, 2.05) is 0 Å². The maximum Gasteiger partial charge on any atom is 0.322 e. The van der Waals surface area contributed by atoms with Gasteiger partial charge in [0.05, 0.1) is 6.61 Å². The zero-order valence-electron chi connectivity index (χ0n) is 10.5. The maximum absolute atomic E-state index is 11.8. The Morgan fingerprint density at radius 3 is 2.35 bits per heavy atom. The molecule has 102 valence electrons. The molecule has 8 heteroatoms. The highest BCUT2D eigenvalue weighted by Crippen LogP contribution is 2.05. The van der Waals surface area contributed by atoms with Crippen molar-refractivity contribution < 1.29 is 23.1 Å². The maximum atomic E-state index is 11.8. The Kier molecular flexibility index (Phi) is 6.61. The molecule has 0 rings (SSSR count). The Balaban J connectivity index is 4.66. The molecular formula is C9H20N2O5S. The van der Waals surface area contributed by atoms with E-state index >= 15 is 0 Å². The summed E-state index contributed by atoms with van der Waals surface area (Å²) in [5, 5.41) is 8.89. The number of carboxylic acid groups (broad SMARTS) is 1. The van der Waals surface area contributed by atoms with E-state index in [0.717, 1.165) is 4.31 Å². The summed E-state index contributed by atoms with van der Waals surface area (Å²) in [4.78, 5) is 10.9. The fourth-order valence-electron chi connectivity index (χ4n) is 1.06. The van der Waals surface area contributed by atoms with Gasteiger partial charge in [0, 0.05) is 20.7 Å². The van der Waals surface area contributed by atoms with Crippen molar-refractivity contribution in [3.63, 3.8) is 0 Å². The molecule has 0 saturated heterocycles. The number of likely N-dealkylation sites (N-methyl/N-ethyl adjacent to an activating group) is 1. The summed E-state index contributed by atoms with van der Waals surface area (Å²) in [5.74, 6) is -1.53. The third kappa shape index (κ3) is 5.44. The number of hydrogen-bond acceptors (Lipinski definition) is 4. The van der Waals surface area contributed by atoms with Crippen molar-refractivity contribution >= 4 is 16.2 Å². The molecular weight excluding hydrogens is 248 g/mol. The number of aliphatic carboxylic acids is 1. The number of methoxy groups -OCH3 is 1. The van der Waals surface area contributed by atoms with Crippen molar-refractivity contribution in [2.75, 3.05) is 27.3 Å². The van der Waals surface area contributed by atoms with E-state index in [0.29, 0.717) is 0 Å². The molecule has 0 heterocycles. The van der Waals surface area contributed by atoms with Crippen LogP contribution in [0.4, 0.5) is 0 Å². The van der Waals surface area contributed by atoms with Crippen molar-refractivity contribution in [2.45, 2.75) is 19.9 Å². The minimum absolute atomic E-state index is 0.163. The zero-order valence-corrected chi connectivity index (χ0v) is 11.3. The lowest BCUT2D eigenvalue weighted by atomic mass is 10.1. The largest absolute Gasteiger partial charge is 0.480 e. The van der Waals surface area contributed by atoms with Crippen LogP contribution in [0.15, 0.2) is 0 Å². The van der Waals surface area contributed by atoms with E-state index < -0.39 is 22.2 Å². The molecule has 0 aromatic heterocycles. The third-order valence-corrected chi connectivity index (χ3v) is 3.78. The van der Waals surface area contributed by atoms with Crippen LogP contribution in [-0.4, -0.2) is 57.1 Å². The molecule has 1 unspecified atom stereocenters. The molecule has 0 saturated carbocycles. The van der Waals surface area contributed by atoms with Crippen molar-refractivity contribution in [2.24, 2.45) is 5.92 Å². The average molecular weight is 268 g/mol. The SMILES string of the molecule is COCCN(C)S(=O)(=O)NC(C(=O)O)C(C)C. The Labute approximate surface area is 102 Å². The monoisotopic (exact) mass is 268 g/mol. The van der Waals surface area contributed by atoms with Crippen LogP contribution in [0.2, 0.25) is 0 Å². The first-order chi connectivity index (χ1) is 7.72. The minimum atomic E-state index is -3.80. The molecule has 0 amide bonds. The summed E-state index contributed by atoms with van der Waals surface area (Å²) < 4.78 is 31.4. The second-order valence-corrected chi connectivity index (χ2v) is 5.81. The molecule has 0 aliphatic heterocycles. The highest BCUT2D eigenvalue weighted by atomic mass is 32.2. The molecule has 0 aliphatic rings. The first-order valence-electron chi connectivity index (χ1n) is 5.17. The summed E-state index contributed by atoms with van der Waals surface area (Å²) in [6.45, 7) is 3.68. The first-order valence-corrected chi connectivity index (χ1v) is 6.61. The van der Waals surface area contributed by atoms with Crippen LogP contribution in [0.25, 0.3) is 0 Å². The van der Waals surface area contributed by atoms with Crippen LogP contribution in [0, 0.1) is 5.92 Å². The summed E-state index contributed by atoms with van der Waals surface area (Å²) in [6.07, 6.45) is 0. The van der Waals surface area contributed by atoms with Gasteiger partial charge in [0.2, 0.25) is 0 Å². The van der Waals surface area contributed by atoms with Gasteiger partial charge in [-0.3, -0.25) is 4.79 Å². The molecule has 7 nitrogen and oxygen atoms in total. The molecule has 0 aliphatic carbocycles. The van der Waals surface area contributed by atoms with Gasteiger partial charge in [-0.1, -0.05) is 13.8 Å². The molecule has 0 bridgehead atoms. The summed E-state index contributed by atoms with van der Waals surface area (Å²) >= 11 is 0.